The van der Waals surface area contributed by atoms with Gasteiger partial charge in [-0.15, -0.1) is 0 Å². The number of nitriles is 1. The predicted molar refractivity (Wildman–Crippen MR) is 107 cm³/mol. The number of carbonyl (C=O) groups excluding carboxylic acids is 1. The number of allylic oxidation sites excluding steroid dienone is 3. The van der Waals surface area contributed by atoms with E-state index in [2.05, 4.69) is 22.0 Å². The SMILES string of the molecule is N#CC1=C(N)OC2=C(C(=O)CC(c3ccccc3)C2)C1c1cc(Br)ccc1O. The summed E-state index contributed by atoms with van der Waals surface area (Å²) < 4.78 is 6.47. The van der Waals surface area contributed by atoms with E-state index >= 15 is 0 Å². The van der Waals surface area contributed by atoms with E-state index in [1.54, 1.807) is 12.1 Å². The van der Waals surface area contributed by atoms with E-state index in [1.165, 1.54) is 6.07 Å². The zero-order valence-corrected chi connectivity index (χ0v) is 16.4. The molecule has 2 unspecified atom stereocenters. The van der Waals surface area contributed by atoms with Crippen LogP contribution in [0.3, 0.4) is 0 Å². The van der Waals surface area contributed by atoms with Crippen molar-refractivity contribution in [2.75, 3.05) is 0 Å². The Morgan fingerprint density at radius 2 is 1.93 bits per heavy atom. The summed E-state index contributed by atoms with van der Waals surface area (Å²) in [5, 5.41) is 20.1. The van der Waals surface area contributed by atoms with Gasteiger partial charge in [-0.05, 0) is 29.7 Å². The van der Waals surface area contributed by atoms with Crippen LogP contribution in [0.25, 0.3) is 0 Å². The molecular weight excluding hydrogens is 420 g/mol. The Hall–Kier alpha value is -3.04. The Kier molecular flexibility index (Phi) is 4.70. The lowest BCUT2D eigenvalue weighted by atomic mass is 9.73. The average molecular weight is 437 g/mol. The Balaban J connectivity index is 1.84. The predicted octanol–water partition coefficient (Wildman–Crippen LogP) is 4.36. The number of hydrogen-bond donors (Lipinski definition) is 2. The van der Waals surface area contributed by atoms with Gasteiger partial charge >= 0.3 is 0 Å². The lowest BCUT2D eigenvalue weighted by Gasteiger charge is -2.34. The van der Waals surface area contributed by atoms with E-state index in [0.29, 0.717) is 29.7 Å². The van der Waals surface area contributed by atoms with E-state index < -0.39 is 5.92 Å². The van der Waals surface area contributed by atoms with Crippen molar-refractivity contribution < 1.29 is 14.6 Å². The maximum Gasteiger partial charge on any atom is 0.205 e. The number of aromatic hydroxyl groups is 1. The molecule has 0 spiro atoms. The van der Waals surface area contributed by atoms with Crippen molar-refractivity contribution in [2.24, 2.45) is 5.73 Å². The highest BCUT2D eigenvalue weighted by atomic mass is 79.9. The third-order valence-electron chi connectivity index (χ3n) is 5.23. The zero-order valence-electron chi connectivity index (χ0n) is 14.9. The summed E-state index contributed by atoms with van der Waals surface area (Å²) in [6.07, 6.45) is 0.825. The number of ether oxygens (including phenoxy) is 1. The van der Waals surface area contributed by atoms with Gasteiger partial charge < -0.3 is 15.6 Å². The highest BCUT2D eigenvalue weighted by Gasteiger charge is 2.41. The molecule has 0 saturated carbocycles. The van der Waals surface area contributed by atoms with Crippen LogP contribution in [0.5, 0.6) is 5.75 Å². The molecule has 5 nitrogen and oxygen atoms in total. The number of carbonyl (C=O) groups is 1. The standard InChI is InChI=1S/C22H17BrN2O3/c23-14-6-7-17(26)15(10-14)20-16(11-24)22(25)28-19-9-13(8-18(27)21(19)20)12-4-2-1-3-5-12/h1-7,10,13,20,26H,8-9,25H2. The van der Waals surface area contributed by atoms with Crippen LogP contribution in [-0.2, 0) is 9.53 Å². The number of nitrogens with two attached hydrogens (primary N) is 1. The van der Waals surface area contributed by atoms with Crippen LogP contribution in [0.2, 0.25) is 0 Å². The van der Waals surface area contributed by atoms with Gasteiger partial charge in [0.1, 0.15) is 23.2 Å². The maximum absolute atomic E-state index is 13.2. The van der Waals surface area contributed by atoms with Crippen LogP contribution in [0.1, 0.15) is 35.8 Å². The molecule has 140 valence electrons. The van der Waals surface area contributed by atoms with Gasteiger partial charge in [0.25, 0.3) is 0 Å². The summed E-state index contributed by atoms with van der Waals surface area (Å²) >= 11 is 3.39. The largest absolute Gasteiger partial charge is 0.508 e. The minimum Gasteiger partial charge on any atom is -0.508 e. The van der Waals surface area contributed by atoms with E-state index in [1.807, 2.05) is 30.3 Å². The molecule has 0 fully saturated rings. The quantitative estimate of drug-likeness (QED) is 0.728. The van der Waals surface area contributed by atoms with Gasteiger partial charge in [-0.1, -0.05) is 46.3 Å². The smallest absolute Gasteiger partial charge is 0.205 e. The summed E-state index contributed by atoms with van der Waals surface area (Å²) in [6, 6.07) is 16.8. The Labute approximate surface area is 170 Å². The molecule has 0 amide bonds. The van der Waals surface area contributed by atoms with Crippen molar-refractivity contribution in [2.45, 2.75) is 24.7 Å². The van der Waals surface area contributed by atoms with E-state index in [9.17, 15) is 15.2 Å². The molecule has 2 aromatic rings. The number of benzene rings is 2. The van der Waals surface area contributed by atoms with Gasteiger partial charge in [-0.3, -0.25) is 4.79 Å². The number of ketones is 1. The topological polar surface area (TPSA) is 96.3 Å². The van der Waals surface area contributed by atoms with Gasteiger partial charge in [-0.2, -0.15) is 5.26 Å². The molecule has 0 saturated heterocycles. The van der Waals surface area contributed by atoms with Crippen LogP contribution in [-0.4, -0.2) is 10.9 Å². The van der Waals surface area contributed by atoms with Crippen molar-refractivity contribution in [1.29, 1.82) is 5.26 Å². The number of hydrogen-bond acceptors (Lipinski definition) is 5. The summed E-state index contributed by atoms with van der Waals surface area (Å²) in [5.41, 5.74) is 8.10. The Morgan fingerprint density at radius 3 is 2.64 bits per heavy atom. The van der Waals surface area contributed by atoms with Gasteiger partial charge in [-0.25, -0.2) is 0 Å². The van der Waals surface area contributed by atoms with E-state index in [-0.39, 0.29) is 28.9 Å². The second-order valence-electron chi connectivity index (χ2n) is 6.90. The van der Waals surface area contributed by atoms with Gasteiger partial charge in [0.05, 0.1) is 5.92 Å². The lowest BCUT2D eigenvalue weighted by Crippen LogP contribution is -2.29. The fraction of sp³-hybridized carbons (Fsp3) is 0.182. The molecule has 3 N–H and O–H groups in total. The number of phenols is 1. The number of halogens is 1. The molecule has 2 aromatic carbocycles. The summed E-state index contributed by atoms with van der Waals surface area (Å²) in [4.78, 5) is 13.2. The summed E-state index contributed by atoms with van der Waals surface area (Å²) in [6.45, 7) is 0. The lowest BCUT2D eigenvalue weighted by molar-refractivity contribution is -0.117. The van der Waals surface area contributed by atoms with Crippen molar-refractivity contribution in [3.63, 3.8) is 0 Å². The summed E-state index contributed by atoms with van der Waals surface area (Å²) in [5.74, 6) is -0.394. The molecule has 1 heterocycles. The second kappa shape index (κ2) is 7.17. The van der Waals surface area contributed by atoms with Gasteiger partial charge in [0, 0.05) is 28.5 Å². The van der Waals surface area contributed by atoms with Gasteiger partial charge in [0.2, 0.25) is 5.88 Å². The molecule has 0 aromatic heterocycles. The molecule has 1 aliphatic carbocycles. The first kappa shape index (κ1) is 18.3. The fourth-order valence-corrected chi connectivity index (χ4v) is 4.32. The van der Waals surface area contributed by atoms with Crippen LogP contribution in [0.4, 0.5) is 0 Å². The minimum atomic E-state index is -0.740. The highest BCUT2D eigenvalue weighted by molar-refractivity contribution is 9.10. The van der Waals surface area contributed by atoms with Crippen molar-refractivity contribution in [3.05, 3.63) is 86.9 Å². The molecule has 0 radical (unpaired) electrons. The maximum atomic E-state index is 13.2. The average Bonchev–Trinajstić information content (AvgIpc) is 2.69. The highest BCUT2D eigenvalue weighted by Crippen LogP contribution is 2.48. The Morgan fingerprint density at radius 1 is 1.18 bits per heavy atom. The number of nitrogens with zero attached hydrogens (tertiary/aromatic N) is 1. The molecule has 28 heavy (non-hydrogen) atoms. The molecule has 2 atom stereocenters. The summed E-state index contributed by atoms with van der Waals surface area (Å²) in [7, 11) is 0. The molecule has 4 rings (SSSR count). The van der Waals surface area contributed by atoms with Crippen molar-refractivity contribution in [1.82, 2.24) is 0 Å². The van der Waals surface area contributed by atoms with Crippen LogP contribution >= 0.6 is 15.9 Å². The monoisotopic (exact) mass is 436 g/mol. The molecule has 6 heteroatoms. The van der Waals surface area contributed by atoms with E-state index in [0.717, 1.165) is 10.0 Å². The number of phenolic OH excluding ortho intramolecular Hbond substituents is 1. The first-order valence-electron chi connectivity index (χ1n) is 8.86. The third kappa shape index (κ3) is 3.08. The zero-order chi connectivity index (χ0) is 19.8. The molecule has 0 bridgehead atoms. The van der Waals surface area contributed by atoms with Crippen molar-refractivity contribution in [3.8, 4) is 11.8 Å². The van der Waals surface area contributed by atoms with Gasteiger partial charge in [0.15, 0.2) is 5.78 Å². The normalized spacial score (nSPS) is 21.8. The number of Topliss-reactive ketones (excluding diaryl/α,β-unsaturated/α-hetero) is 1. The molecule has 2 aliphatic rings. The first-order chi connectivity index (χ1) is 13.5. The number of rotatable bonds is 2. The molecular formula is C22H17BrN2O3. The first-order valence-corrected chi connectivity index (χ1v) is 9.66. The van der Waals surface area contributed by atoms with Crippen LogP contribution in [0, 0.1) is 11.3 Å². The van der Waals surface area contributed by atoms with Crippen LogP contribution < -0.4 is 5.73 Å². The third-order valence-corrected chi connectivity index (χ3v) is 5.73. The molecule has 1 aliphatic heterocycles. The fourth-order valence-electron chi connectivity index (χ4n) is 3.94. The van der Waals surface area contributed by atoms with Crippen molar-refractivity contribution >= 4 is 21.7 Å². The second-order valence-corrected chi connectivity index (χ2v) is 7.82. The van der Waals surface area contributed by atoms with Crippen LogP contribution in [0.15, 0.2) is 75.8 Å². The minimum absolute atomic E-state index is 0.000447. The Bertz CT molecular complexity index is 1070. The van der Waals surface area contributed by atoms with E-state index in [4.69, 9.17) is 10.5 Å².